The van der Waals surface area contributed by atoms with Crippen LogP contribution in [0.4, 0.5) is 5.69 Å². The molecule has 0 heterocycles. The van der Waals surface area contributed by atoms with E-state index in [1.54, 1.807) is 30.3 Å². The molecule has 0 aliphatic rings. The quantitative estimate of drug-likeness (QED) is 0.0995. The first kappa shape index (κ1) is 24.6. The van der Waals surface area contributed by atoms with Crippen molar-refractivity contribution >= 4 is 56.9 Å². The van der Waals surface area contributed by atoms with E-state index >= 15 is 0 Å². The van der Waals surface area contributed by atoms with Crippen LogP contribution in [0.3, 0.4) is 0 Å². The molecule has 7 nitrogen and oxygen atoms in total. The summed E-state index contributed by atoms with van der Waals surface area (Å²) in [5.41, 5.74) is 1.39. The number of halogens is 3. The third-order valence-corrected chi connectivity index (χ3v) is 5.62. The third kappa shape index (κ3) is 6.71. The molecule has 3 aromatic rings. The Morgan fingerprint density at radius 1 is 1.09 bits per heavy atom. The molecule has 170 valence electrons. The van der Waals surface area contributed by atoms with Crippen molar-refractivity contribution in [1.82, 2.24) is 0 Å². The van der Waals surface area contributed by atoms with Crippen LogP contribution in [0, 0.1) is 10.1 Å². The van der Waals surface area contributed by atoms with Crippen molar-refractivity contribution in [3.8, 4) is 17.2 Å². The molecule has 0 amide bonds. The fraction of sp³-hybridized carbons (Fsp3) is 0.0870. The predicted molar refractivity (Wildman–Crippen MR) is 129 cm³/mol. The summed E-state index contributed by atoms with van der Waals surface area (Å²) in [6.45, 7) is 0.239. The highest BCUT2D eigenvalue weighted by Crippen LogP contribution is 2.38. The van der Waals surface area contributed by atoms with E-state index in [0.29, 0.717) is 31.6 Å². The molecule has 0 aromatic heterocycles. The number of rotatable bonds is 8. The molecule has 0 N–H and O–H groups in total. The smallest absolute Gasteiger partial charge is 0.336 e. The van der Waals surface area contributed by atoms with Crippen molar-refractivity contribution in [3.63, 3.8) is 0 Å². The zero-order chi connectivity index (χ0) is 24.0. The number of hydrogen-bond donors (Lipinski definition) is 0. The molecule has 3 aromatic carbocycles. The predicted octanol–water partition coefficient (Wildman–Crippen LogP) is 6.87. The minimum Gasteiger partial charge on any atom is -0.493 e. The molecule has 0 aliphatic carbocycles. The van der Waals surface area contributed by atoms with Gasteiger partial charge in [0.2, 0.25) is 0 Å². The second-order valence-electron chi connectivity index (χ2n) is 6.58. The lowest BCUT2D eigenvalue weighted by atomic mass is 10.2. The molecular weight excluding hydrogens is 537 g/mol. The van der Waals surface area contributed by atoms with E-state index in [2.05, 4.69) is 15.9 Å². The monoisotopic (exact) mass is 551 g/mol. The van der Waals surface area contributed by atoms with Gasteiger partial charge in [0.15, 0.2) is 11.5 Å². The van der Waals surface area contributed by atoms with Crippen LogP contribution in [0.5, 0.6) is 17.2 Å². The lowest BCUT2D eigenvalue weighted by molar-refractivity contribution is -0.384. The van der Waals surface area contributed by atoms with Gasteiger partial charge in [0.1, 0.15) is 12.4 Å². The third-order valence-electron chi connectivity index (χ3n) is 4.30. The van der Waals surface area contributed by atoms with Crippen molar-refractivity contribution in [3.05, 3.63) is 96.4 Å². The summed E-state index contributed by atoms with van der Waals surface area (Å²) in [4.78, 5) is 22.2. The van der Waals surface area contributed by atoms with E-state index in [4.69, 9.17) is 37.4 Å². The van der Waals surface area contributed by atoms with Gasteiger partial charge in [0.05, 0.1) is 26.6 Å². The molecule has 0 fully saturated rings. The van der Waals surface area contributed by atoms with Gasteiger partial charge in [-0.05, 0) is 69.5 Å². The molecule has 0 unspecified atom stereocenters. The minimum absolute atomic E-state index is 0.0937. The lowest BCUT2D eigenvalue weighted by Crippen LogP contribution is -2.03. The van der Waals surface area contributed by atoms with Gasteiger partial charge in [-0.2, -0.15) is 0 Å². The van der Waals surface area contributed by atoms with Crippen LogP contribution in [0.15, 0.2) is 65.1 Å². The summed E-state index contributed by atoms with van der Waals surface area (Å²) < 4.78 is 17.1. The second-order valence-corrected chi connectivity index (χ2v) is 8.25. The summed E-state index contributed by atoms with van der Waals surface area (Å²) in [5.74, 6) is 0.487. The lowest BCUT2D eigenvalue weighted by Gasteiger charge is -2.14. The van der Waals surface area contributed by atoms with Gasteiger partial charge < -0.3 is 14.2 Å². The number of non-ortho nitro benzene ring substituents is 1. The Labute approximate surface area is 207 Å². The highest BCUT2D eigenvalue weighted by molar-refractivity contribution is 9.10. The molecule has 0 radical (unpaired) electrons. The van der Waals surface area contributed by atoms with E-state index < -0.39 is 10.9 Å². The number of benzene rings is 3. The Bertz CT molecular complexity index is 1210. The minimum atomic E-state index is -0.640. The standard InChI is InChI=1S/C23H16BrCl2NO6/c1-31-21-12-14(3-9-22(28)33-17-6-4-16(5-7-17)27(29)30)10-18(24)23(21)32-13-15-2-8-19(25)20(26)11-15/h2-12H,13H2,1H3/b9-3+. The molecule has 10 heteroatoms. The number of nitro groups is 1. The highest BCUT2D eigenvalue weighted by Gasteiger charge is 2.12. The summed E-state index contributed by atoms with van der Waals surface area (Å²) in [6.07, 6.45) is 2.78. The molecule has 0 atom stereocenters. The van der Waals surface area contributed by atoms with Crippen LogP contribution >= 0.6 is 39.1 Å². The van der Waals surface area contributed by atoms with Crippen LogP contribution in [-0.2, 0) is 11.4 Å². The van der Waals surface area contributed by atoms with E-state index in [1.165, 1.54) is 37.5 Å². The number of methoxy groups -OCH3 is 1. The summed E-state index contributed by atoms with van der Waals surface area (Å²) in [7, 11) is 1.50. The fourth-order valence-corrected chi connectivity index (χ4v) is 3.61. The Morgan fingerprint density at radius 2 is 1.82 bits per heavy atom. The number of esters is 1. The molecule has 0 saturated carbocycles. The van der Waals surface area contributed by atoms with Crippen molar-refractivity contribution < 1.29 is 23.9 Å². The van der Waals surface area contributed by atoms with Gasteiger partial charge in [-0.3, -0.25) is 10.1 Å². The van der Waals surface area contributed by atoms with Gasteiger partial charge in [0.25, 0.3) is 5.69 Å². The second kappa shape index (κ2) is 11.2. The molecule has 3 rings (SSSR count). The van der Waals surface area contributed by atoms with Crippen LogP contribution in [0.1, 0.15) is 11.1 Å². The Balaban J connectivity index is 1.68. The van der Waals surface area contributed by atoms with Crippen molar-refractivity contribution in [1.29, 1.82) is 0 Å². The molecule has 0 spiro atoms. The van der Waals surface area contributed by atoms with E-state index in [1.807, 2.05) is 6.07 Å². The molecule has 0 bridgehead atoms. The summed E-state index contributed by atoms with van der Waals surface area (Å²) in [6, 6.07) is 13.9. The highest BCUT2D eigenvalue weighted by atomic mass is 79.9. The first-order valence-electron chi connectivity index (χ1n) is 9.35. The summed E-state index contributed by atoms with van der Waals surface area (Å²) >= 11 is 15.4. The van der Waals surface area contributed by atoms with E-state index in [9.17, 15) is 14.9 Å². The van der Waals surface area contributed by atoms with Gasteiger partial charge in [-0.1, -0.05) is 29.3 Å². The number of ether oxygens (including phenoxy) is 3. The van der Waals surface area contributed by atoms with E-state index in [-0.39, 0.29) is 18.0 Å². The van der Waals surface area contributed by atoms with Crippen molar-refractivity contribution in [2.75, 3.05) is 7.11 Å². The van der Waals surface area contributed by atoms with Crippen LogP contribution in [0.2, 0.25) is 10.0 Å². The largest absolute Gasteiger partial charge is 0.493 e. The number of nitrogens with zero attached hydrogens (tertiary/aromatic N) is 1. The maximum atomic E-state index is 12.1. The van der Waals surface area contributed by atoms with Crippen LogP contribution < -0.4 is 14.2 Å². The number of carbonyl (C=O) groups excluding carboxylic acids is 1. The van der Waals surface area contributed by atoms with Gasteiger partial charge >= 0.3 is 5.97 Å². The number of nitro benzene ring substituents is 1. The first-order valence-corrected chi connectivity index (χ1v) is 10.9. The summed E-state index contributed by atoms with van der Waals surface area (Å²) in [5, 5.41) is 11.6. The molecule has 0 saturated heterocycles. The number of hydrogen-bond acceptors (Lipinski definition) is 6. The van der Waals surface area contributed by atoms with Gasteiger partial charge in [0, 0.05) is 18.2 Å². The SMILES string of the molecule is COc1cc(/C=C/C(=O)Oc2ccc([N+](=O)[O-])cc2)cc(Br)c1OCc1ccc(Cl)c(Cl)c1. The van der Waals surface area contributed by atoms with E-state index in [0.717, 1.165) is 5.56 Å². The van der Waals surface area contributed by atoms with Crippen LogP contribution in [-0.4, -0.2) is 18.0 Å². The van der Waals surface area contributed by atoms with Crippen molar-refractivity contribution in [2.45, 2.75) is 6.61 Å². The fourth-order valence-electron chi connectivity index (χ4n) is 2.71. The average Bonchev–Trinajstić information content (AvgIpc) is 2.79. The molecule has 33 heavy (non-hydrogen) atoms. The first-order chi connectivity index (χ1) is 15.8. The maximum absolute atomic E-state index is 12.1. The van der Waals surface area contributed by atoms with Gasteiger partial charge in [-0.25, -0.2) is 4.79 Å². The zero-order valence-corrected chi connectivity index (χ0v) is 20.2. The maximum Gasteiger partial charge on any atom is 0.336 e. The van der Waals surface area contributed by atoms with Crippen molar-refractivity contribution in [2.24, 2.45) is 0 Å². The molecule has 0 aliphatic heterocycles. The zero-order valence-electron chi connectivity index (χ0n) is 17.1. The van der Waals surface area contributed by atoms with Crippen LogP contribution in [0.25, 0.3) is 6.08 Å². The molecular formula is C23H16BrCl2NO6. The topological polar surface area (TPSA) is 87.9 Å². The normalized spacial score (nSPS) is 10.8. The Hall–Kier alpha value is -3.07. The van der Waals surface area contributed by atoms with Gasteiger partial charge in [-0.15, -0.1) is 0 Å². The Kier molecular flexibility index (Phi) is 8.32. The number of carbonyl (C=O) groups is 1. The average molecular weight is 553 g/mol. The Morgan fingerprint density at radius 3 is 2.45 bits per heavy atom.